The maximum Gasteiger partial charge on any atom is 0.252 e. The molecule has 3 nitrogen and oxygen atoms in total. The van der Waals surface area contributed by atoms with Gasteiger partial charge in [-0.15, -0.1) is 0 Å². The van der Waals surface area contributed by atoms with Crippen LogP contribution >= 0.6 is 0 Å². The quantitative estimate of drug-likeness (QED) is 0.163. The Bertz CT molecular complexity index is 4140. The van der Waals surface area contributed by atoms with Crippen molar-refractivity contribution in [2.75, 3.05) is 14.7 Å². The van der Waals surface area contributed by atoms with Crippen LogP contribution in [-0.4, -0.2) is 6.71 Å². The predicted molar refractivity (Wildman–Crippen MR) is 341 cm³/mol. The summed E-state index contributed by atoms with van der Waals surface area (Å²) in [5.41, 5.74) is 27.3. The molecule has 0 radical (unpaired) electrons. The SMILES string of the molecule is CC(C)(C)c1ccc2c(c1)B1c3cccc4c3N(c3cc(N5c6ccc(C(C)(C)C)cc6C6(C)CCc7ccccc7C56C)cc(c31)N2c1ccc(C(C)(C)C)cc1-c1ccc2ccccc2c1)C1(C)c2ccccc2CCC41C. The lowest BCUT2D eigenvalue weighted by atomic mass is 9.33. The van der Waals surface area contributed by atoms with E-state index in [9.17, 15) is 0 Å². The molecule has 0 saturated carbocycles. The minimum Gasteiger partial charge on any atom is -0.331 e. The fourth-order valence-corrected chi connectivity index (χ4v) is 16.7. The van der Waals surface area contributed by atoms with Crippen LogP contribution in [0.1, 0.15) is 153 Å². The van der Waals surface area contributed by atoms with Crippen LogP contribution in [0.5, 0.6) is 0 Å². The Morgan fingerprint density at radius 2 is 0.938 bits per heavy atom. The average Bonchev–Trinajstić information content (AvgIpc) is 2.87. The molecule has 4 heteroatoms. The number of benzene rings is 9. The van der Waals surface area contributed by atoms with Crippen molar-refractivity contribution in [2.24, 2.45) is 0 Å². The third-order valence-corrected chi connectivity index (χ3v) is 21.6. The van der Waals surface area contributed by atoms with Gasteiger partial charge in [0.05, 0.1) is 16.8 Å². The van der Waals surface area contributed by atoms with Crippen molar-refractivity contribution in [3.05, 3.63) is 226 Å². The molecule has 0 amide bonds. The second-order valence-electron chi connectivity index (χ2n) is 28.8. The van der Waals surface area contributed by atoms with Gasteiger partial charge in [-0.05, 0) is 181 Å². The van der Waals surface area contributed by atoms with Crippen LogP contribution < -0.4 is 31.1 Å². The van der Waals surface area contributed by atoms with Crippen molar-refractivity contribution in [2.45, 2.75) is 154 Å². The summed E-state index contributed by atoms with van der Waals surface area (Å²) in [6.07, 6.45) is 4.26. The summed E-state index contributed by atoms with van der Waals surface area (Å²) in [5, 5.41) is 2.51. The highest BCUT2D eigenvalue weighted by atomic mass is 15.3. The first-order valence-electron chi connectivity index (χ1n) is 29.9. The second kappa shape index (κ2) is 16.2. The van der Waals surface area contributed by atoms with Crippen LogP contribution in [0.3, 0.4) is 0 Å². The van der Waals surface area contributed by atoms with E-state index in [1.54, 1.807) is 0 Å². The van der Waals surface area contributed by atoms with Crippen molar-refractivity contribution in [1.29, 1.82) is 0 Å². The van der Waals surface area contributed by atoms with Crippen LogP contribution in [0, 0.1) is 0 Å². The molecule has 4 aliphatic heterocycles. The maximum atomic E-state index is 2.91. The van der Waals surface area contributed by atoms with Gasteiger partial charge in [-0.2, -0.15) is 0 Å². The Labute approximate surface area is 476 Å². The van der Waals surface area contributed by atoms with Gasteiger partial charge in [-0.25, -0.2) is 0 Å². The standard InChI is InChI=1S/C76H76BN3/c1-70(2,3)52-31-34-63(56(42-52)51-30-29-47-21-14-15-24-50(47)41-51)78-65-36-33-54(72(7,8)9)44-62(65)77-61-28-20-27-59-69(61)80(76(13)58-26-19-17-23-49(58)37-39-73(59,76)10)67-46-55(45-66(78)68(67)77)79-64-35-32-53(71(4,5)6)43-60(64)74(11)40-38-48-22-16-18-25-57(48)75(74,79)12/h14-36,41-46H,37-40H2,1-13H3. The molecule has 2 aliphatic carbocycles. The van der Waals surface area contributed by atoms with Crippen molar-refractivity contribution >= 4 is 73.7 Å². The molecule has 15 rings (SSSR count). The second-order valence-corrected chi connectivity index (χ2v) is 28.8. The fourth-order valence-electron chi connectivity index (χ4n) is 16.7. The first-order chi connectivity index (χ1) is 38.1. The van der Waals surface area contributed by atoms with Gasteiger partial charge in [0.25, 0.3) is 6.71 Å². The fraction of sp³-hybridized carbons (Fsp3) is 0.316. The number of aryl methyl sites for hydroxylation is 2. The molecular weight excluding hydrogens is 966 g/mol. The number of hydrogen-bond donors (Lipinski definition) is 0. The highest BCUT2D eigenvalue weighted by Gasteiger charge is 2.64. The summed E-state index contributed by atoms with van der Waals surface area (Å²) >= 11 is 0. The van der Waals surface area contributed by atoms with E-state index in [1.165, 1.54) is 128 Å². The van der Waals surface area contributed by atoms with Gasteiger partial charge >= 0.3 is 0 Å². The largest absolute Gasteiger partial charge is 0.331 e. The van der Waals surface area contributed by atoms with Crippen molar-refractivity contribution < 1.29 is 0 Å². The van der Waals surface area contributed by atoms with E-state index < -0.39 is 5.54 Å². The minimum atomic E-state index is -0.413. The highest BCUT2D eigenvalue weighted by Crippen LogP contribution is 2.68. The lowest BCUT2D eigenvalue weighted by Gasteiger charge is -2.54. The van der Waals surface area contributed by atoms with Crippen molar-refractivity contribution in [3.8, 4) is 11.1 Å². The number of fused-ring (bicyclic) bond motifs is 15. The Hall–Kier alpha value is -7.30. The van der Waals surface area contributed by atoms with Crippen molar-refractivity contribution in [3.63, 3.8) is 0 Å². The molecule has 398 valence electrons. The van der Waals surface area contributed by atoms with Crippen LogP contribution in [-0.2, 0) is 51.0 Å². The van der Waals surface area contributed by atoms with E-state index in [0.29, 0.717) is 0 Å². The third kappa shape index (κ3) is 6.40. The molecule has 0 spiro atoms. The summed E-state index contributed by atoms with van der Waals surface area (Å²) in [6.45, 7) is 31.7. The molecule has 4 atom stereocenters. The molecule has 9 aromatic rings. The molecule has 6 aliphatic rings. The molecule has 0 N–H and O–H groups in total. The number of nitrogens with zero attached hydrogens (tertiary/aromatic N) is 3. The molecule has 0 saturated heterocycles. The van der Waals surface area contributed by atoms with Gasteiger partial charge in [0.2, 0.25) is 0 Å². The highest BCUT2D eigenvalue weighted by molar-refractivity contribution is 7.00. The molecule has 0 aromatic heterocycles. The number of anilines is 7. The first kappa shape index (κ1) is 49.7. The summed E-state index contributed by atoms with van der Waals surface area (Å²) in [7, 11) is 0. The first-order valence-corrected chi connectivity index (χ1v) is 29.9. The minimum absolute atomic E-state index is 0.00193. The lowest BCUT2D eigenvalue weighted by molar-refractivity contribution is 0.244. The van der Waals surface area contributed by atoms with Gasteiger partial charge < -0.3 is 14.7 Å². The van der Waals surface area contributed by atoms with Gasteiger partial charge in [-0.1, -0.05) is 210 Å². The van der Waals surface area contributed by atoms with Gasteiger partial charge in [0.1, 0.15) is 0 Å². The normalized spacial score (nSPS) is 23.0. The van der Waals surface area contributed by atoms with Gasteiger partial charge in [0, 0.05) is 50.5 Å². The Morgan fingerprint density at radius 3 is 1.60 bits per heavy atom. The number of para-hydroxylation sites is 1. The molecule has 0 bridgehead atoms. The van der Waals surface area contributed by atoms with E-state index in [2.05, 4.69) is 281 Å². The zero-order valence-corrected chi connectivity index (χ0v) is 49.5. The summed E-state index contributed by atoms with van der Waals surface area (Å²) in [6, 6.07) is 70.1. The van der Waals surface area contributed by atoms with E-state index in [4.69, 9.17) is 0 Å². The Kier molecular flexibility index (Phi) is 10.1. The summed E-state index contributed by atoms with van der Waals surface area (Å²) in [5.74, 6) is 0. The summed E-state index contributed by atoms with van der Waals surface area (Å²) < 4.78 is 0. The molecule has 4 heterocycles. The zero-order chi connectivity index (χ0) is 55.4. The summed E-state index contributed by atoms with van der Waals surface area (Å²) in [4.78, 5) is 8.48. The maximum absolute atomic E-state index is 2.91. The molecular formula is C76H76BN3. The third-order valence-electron chi connectivity index (χ3n) is 21.6. The molecule has 9 aromatic carbocycles. The average molecular weight is 1040 g/mol. The Morgan fingerprint density at radius 1 is 0.400 bits per heavy atom. The molecule has 80 heavy (non-hydrogen) atoms. The van der Waals surface area contributed by atoms with E-state index >= 15 is 0 Å². The van der Waals surface area contributed by atoms with Crippen LogP contribution in [0.25, 0.3) is 21.9 Å². The zero-order valence-electron chi connectivity index (χ0n) is 49.5. The number of rotatable bonds is 3. The Balaban J connectivity index is 1.11. The monoisotopic (exact) mass is 1040 g/mol. The van der Waals surface area contributed by atoms with E-state index in [-0.39, 0.29) is 39.3 Å². The molecule has 0 fully saturated rings. The van der Waals surface area contributed by atoms with E-state index in [1.807, 2.05) is 0 Å². The van der Waals surface area contributed by atoms with Crippen LogP contribution in [0.4, 0.5) is 39.8 Å². The van der Waals surface area contributed by atoms with Crippen LogP contribution in [0.2, 0.25) is 0 Å². The molecule has 4 unspecified atom stereocenters. The lowest BCUT2D eigenvalue weighted by Crippen LogP contribution is -2.64. The van der Waals surface area contributed by atoms with E-state index in [0.717, 1.165) is 25.7 Å². The van der Waals surface area contributed by atoms with Crippen LogP contribution in [0.15, 0.2) is 176 Å². The van der Waals surface area contributed by atoms with Gasteiger partial charge in [0.15, 0.2) is 0 Å². The predicted octanol–water partition coefficient (Wildman–Crippen LogP) is 17.6. The smallest absolute Gasteiger partial charge is 0.252 e. The van der Waals surface area contributed by atoms with Crippen molar-refractivity contribution in [1.82, 2.24) is 0 Å². The topological polar surface area (TPSA) is 9.72 Å². The van der Waals surface area contributed by atoms with Gasteiger partial charge in [-0.3, -0.25) is 0 Å². The number of hydrogen-bond acceptors (Lipinski definition) is 3.